The van der Waals surface area contributed by atoms with Gasteiger partial charge in [-0.05, 0) is 31.2 Å². The summed E-state index contributed by atoms with van der Waals surface area (Å²) in [6.45, 7) is 1.04. The molecule has 21 heavy (non-hydrogen) atoms. The Morgan fingerprint density at radius 3 is 1.90 bits per heavy atom. The van der Waals surface area contributed by atoms with Gasteiger partial charge >= 0.3 is 12.4 Å². The average molecular weight is 310 g/mol. The van der Waals surface area contributed by atoms with Gasteiger partial charge in [-0.15, -0.1) is 0 Å². The van der Waals surface area contributed by atoms with Crippen molar-refractivity contribution in [1.82, 2.24) is 0 Å². The van der Waals surface area contributed by atoms with Crippen LogP contribution in [0.15, 0.2) is 29.4 Å². The summed E-state index contributed by atoms with van der Waals surface area (Å²) in [7, 11) is 0. The first-order valence-corrected chi connectivity index (χ1v) is 5.68. The van der Waals surface area contributed by atoms with Crippen LogP contribution in [0.5, 0.6) is 0 Å². The van der Waals surface area contributed by atoms with E-state index in [0.29, 0.717) is 17.1 Å². The fraction of sp³-hybridized carbons (Fsp3) is 0.333. The quantitative estimate of drug-likeness (QED) is 0.729. The molecule has 1 aliphatic rings. The van der Waals surface area contributed by atoms with Gasteiger partial charge in [-0.1, -0.05) is 0 Å². The van der Waals surface area contributed by atoms with Crippen LogP contribution >= 0.6 is 0 Å². The van der Waals surface area contributed by atoms with Gasteiger partial charge in [0, 0.05) is 0 Å². The van der Waals surface area contributed by atoms with E-state index in [1.54, 1.807) is 0 Å². The lowest BCUT2D eigenvalue weighted by molar-refractivity contribution is -0.137. The zero-order chi connectivity index (χ0) is 16.0. The standard InChI is InChI=1S/C12H8F6N2O/c1-6-9(12(16,17)18)19-20(10(6)21)8-4-2-7(3-5-8)11(13,14)15/h2-6H,1H3. The van der Waals surface area contributed by atoms with E-state index < -0.39 is 35.5 Å². The van der Waals surface area contributed by atoms with Crippen molar-refractivity contribution in [2.75, 3.05) is 5.01 Å². The van der Waals surface area contributed by atoms with E-state index >= 15 is 0 Å². The van der Waals surface area contributed by atoms with Crippen molar-refractivity contribution in [3.05, 3.63) is 29.8 Å². The third kappa shape index (κ3) is 2.86. The summed E-state index contributed by atoms with van der Waals surface area (Å²) in [5.41, 5.74) is -2.39. The highest BCUT2D eigenvalue weighted by Gasteiger charge is 2.48. The number of carbonyl (C=O) groups excluding carboxylic acids is 1. The van der Waals surface area contributed by atoms with E-state index in [2.05, 4.69) is 5.10 Å². The Kier molecular flexibility index (Phi) is 3.46. The molecule has 0 radical (unpaired) electrons. The molecule has 0 bridgehead atoms. The van der Waals surface area contributed by atoms with Crippen LogP contribution in [0, 0.1) is 5.92 Å². The summed E-state index contributed by atoms with van der Waals surface area (Å²) < 4.78 is 75.1. The minimum Gasteiger partial charge on any atom is -0.272 e. The van der Waals surface area contributed by atoms with Crippen molar-refractivity contribution in [2.24, 2.45) is 11.0 Å². The maximum atomic E-state index is 12.6. The summed E-state index contributed by atoms with van der Waals surface area (Å²) in [6.07, 6.45) is -9.34. The molecule has 0 fully saturated rings. The van der Waals surface area contributed by atoms with Crippen LogP contribution in [0.2, 0.25) is 0 Å². The van der Waals surface area contributed by atoms with Gasteiger partial charge in [0.25, 0.3) is 5.91 Å². The molecule has 9 heteroatoms. The van der Waals surface area contributed by atoms with Crippen LogP contribution in [0.1, 0.15) is 12.5 Å². The normalized spacial score (nSPS) is 20.0. The first-order valence-electron chi connectivity index (χ1n) is 5.68. The molecule has 0 aromatic heterocycles. The highest BCUT2D eigenvalue weighted by atomic mass is 19.4. The van der Waals surface area contributed by atoms with Gasteiger partial charge in [-0.3, -0.25) is 4.79 Å². The van der Waals surface area contributed by atoms with Gasteiger partial charge in [-0.2, -0.15) is 36.5 Å². The lowest BCUT2D eigenvalue weighted by Crippen LogP contribution is -2.31. The van der Waals surface area contributed by atoms with E-state index in [0.717, 1.165) is 19.1 Å². The highest BCUT2D eigenvalue weighted by Crippen LogP contribution is 2.34. The minimum atomic E-state index is -4.77. The monoisotopic (exact) mass is 310 g/mol. The number of hydrogen-bond acceptors (Lipinski definition) is 2. The summed E-state index contributed by atoms with van der Waals surface area (Å²) >= 11 is 0. The molecule has 1 heterocycles. The number of anilines is 1. The summed E-state index contributed by atoms with van der Waals surface area (Å²) in [5, 5.41) is 3.64. The second kappa shape index (κ2) is 4.74. The van der Waals surface area contributed by atoms with E-state index in [4.69, 9.17) is 0 Å². The second-order valence-electron chi connectivity index (χ2n) is 4.40. The molecule has 1 unspecified atom stereocenters. The van der Waals surface area contributed by atoms with Gasteiger partial charge in [0.1, 0.15) is 0 Å². The number of rotatable bonds is 1. The van der Waals surface area contributed by atoms with Crippen molar-refractivity contribution in [2.45, 2.75) is 19.3 Å². The number of hydrazone groups is 1. The van der Waals surface area contributed by atoms with Gasteiger partial charge in [0.05, 0.1) is 17.2 Å². The number of amides is 1. The summed E-state index contributed by atoms with van der Waals surface area (Å²) in [5.74, 6) is -2.44. The van der Waals surface area contributed by atoms with Crippen LogP contribution in [0.25, 0.3) is 0 Å². The lowest BCUT2D eigenvalue weighted by atomic mass is 10.1. The molecule has 1 aromatic carbocycles. The van der Waals surface area contributed by atoms with Crippen molar-refractivity contribution >= 4 is 17.3 Å². The molecule has 1 aromatic rings. The number of benzene rings is 1. The predicted octanol–water partition coefficient (Wildman–Crippen LogP) is 3.61. The van der Waals surface area contributed by atoms with Crippen LogP contribution < -0.4 is 5.01 Å². The first kappa shape index (κ1) is 15.3. The van der Waals surface area contributed by atoms with Gasteiger partial charge in [0.2, 0.25) is 0 Å². The fourth-order valence-electron chi connectivity index (χ4n) is 1.82. The summed E-state index contributed by atoms with van der Waals surface area (Å²) in [4.78, 5) is 11.7. The predicted molar refractivity (Wildman–Crippen MR) is 61.6 cm³/mol. The summed E-state index contributed by atoms with van der Waals surface area (Å²) in [6, 6.07) is 3.15. The Morgan fingerprint density at radius 1 is 1.00 bits per heavy atom. The van der Waals surface area contributed by atoms with Crippen molar-refractivity contribution in [3.63, 3.8) is 0 Å². The van der Waals surface area contributed by atoms with Crippen molar-refractivity contribution in [1.29, 1.82) is 0 Å². The van der Waals surface area contributed by atoms with Gasteiger partial charge in [0.15, 0.2) is 5.71 Å². The Balaban J connectivity index is 2.35. The fourth-order valence-corrected chi connectivity index (χ4v) is 1.82. The van der Waals surface area contributed by atoms with E-state index in [-0.39, 0.29) is 5.69 Å². The van der Waals surface area contributed by atoms with Gasteiger partial charge in [-0.25, -0.2) is 0 Å². The number of carbonyl (C=O) groups is 1. The Hall–Kier alpha value is -2.06. The number of nitrogens with zero attached hydrogens (tertiary/aromatic N) is 2. The highest BCUT2D eigenvalue weighted by molar-refractivity contribution is 6.17. The smallest absolute Gasteiger partial charge is 0.272 e. The van der Waals surface area contributed by atoms with Crippen LogP contribution in [0.4, 0.5) is 32.0 Å². The molecule has 114 valence electrons. The van der Waals surface area contributed by atoms with Crippen molar-refractivity contribution in [3.8, 4) is 0 Å². The molecule has 0 saturated carbocycles. The maximum absolute atomic E-state index is 12.6. The third-order valence-electron chi connectivity index (χ3n) is 2.93. The third-order valence-corrected chi connectivity index (χ3v) is 2.93. The zero-order valence-corrected chi connectivity index (χ0v) is 10.5. The molecular formula is C12H8F6N2O. The largest absolute Gasteiger partial charge is 0.432 e. The van der Waals surface area contributed by atoms with Crippen LogP contribution in [-0.2, 0) is 11.0 Å². The molecule has 2 rings (SSSR count). The Bertz CT molecular complexity index is 587. The Morgan fingerprint density at radius 2 is 1.52 bits per heavy atom. The molecule has 3 nitrogen and oxygen atoms in total. The van der Waals surface area contributed by atoms with E-state index in [1.807, 2.05) is 0 Å². The molecule has 1 aliphatic heterocycles. The maximum Gasteiger partial charge on any atom is 0.432 e. The molecule has 1 atom stereocenters. The Labute approximate surface area is 114 Å². The number of hydrogen-bond donors (Lipinski definition) is 0. The van der Waals surface area contributed by atoms with Gasteiger partial charge < -0.3 is 0 Å². The van der Waals surface area contributed by atoms with Crippen LogP contribution in [-0.4, -0.2) is 17.8 Å². The zero-order valence-electron chi connectivity index (χ0n) is 10.5. The SMILES string of the molecule is CC1C(=O)N(c2ccc(C(F)(F)F)cc2)N=C1C(F)(F)F. The molecular weight excluding hydrogens is 302 g/mol. The van der Waals surface area contributed by atoms with Crippen LogP contribution in [0.3, 0.4) is 0 Å². The average Bonchev–Trinajstić information content (AvgIpc) is 2.65. The molecule has 0 aliphatic carbocycles. The van der Waals surface area contributed by atoms with E-state index in [9.17, 15) is 31.1 Å². The lowest BCUT2D eigenvalue weighted by Gasteiger charge is -2.14. The second-order valence-corrected chi connectivity index (χ2v) is 4.40. The molecule has 0 spiro atoms. The minimum absolute atomic E-state index is 0.154. The molecule has 0 saturated heterocycles. The van der Waals surface area contributed by atoms with E-state index in [1.165, 1.54) is 0 Å². The van der Waals surface area contributed by atoms with Crippen molar-refractivity contribution < 1.29 is 31.1 Å². The topological polar surface area (TPSA) is 32.7 Å². The first-order chi connectivity index (χ1) is 9.51. The molecule has 0 N–H and O–H groups in total. The number of alkyl halides is 6. The number of halogens is 6. The molecule has 1 amide bonds.